The second-order valence-corrected chi connectivity index (χ2v) is 6.68. The van der Waals surface area contributed by atoms with Crippen molar-refractivity contribution in [1.82, 2.24) is 4.72 Å². The molecular formula is C10H17NO3S. The third-order valence-electron chi connectivity index (χ3n) is 3.63. The van der Waals surface area contributed by atoms with Gasteiger partial charge < -0.3 is 0 Å². The normalized spacial score (nSPS) is 34.3. The molecule has 2 bridgehead atoms. The summed E-state index contributed by atoms with van der Waals surface area (Å²) in [5.74, 6) is 1.55. The Morgan fingerprint density at radius 1 is 1.33 bits per heavy atom. The third kappa shape index (κ3) is 2.71. The number of hydrogen-bond acceptors (Lipinski definition) is 3. The Bertz CT molecular complexity index is 363. The first-order valence-corrected chi connectivity index (χ1v) is 7.34. The topological polar surface area (TPSA) is 63.2 Å². The summed E-state index contributed by atoms with van der Waals surface area (Å²) in [6, 6.07) is 0. The minimum absolute atomic E-state index is 0.338. The Morgan fingerprint density at radius 2 is 2.07 bits per heavy atom. The fraction of sp³-hybridized carbons (Fsp3) is 0.900. The van der Waals surface area contributed by atoms with E-state index < -0.39 is 10.0 Å². The second kappa shape index (κ2) is 3.77. The van der Waals surface area contributed by atoms with E-state index in [1.807, 2.05) is 4.72 Å². The van der Waals surface area contributed by atoms with Crippen molar-refractivity contribution in [3.63, 3.8) is 0 Å². The number of hydrogen-bond donors (Lipinski definition) is 1. The molecule has 1 N–H and O–H groups in total. The number of sulfonamides is 1. The van der Waals surface area contributed by atoms with Gasteiger partial charge in [-0.2, -0.15) is 0 Å². The molecule has 2 saturated carbocycles. The van der Waals surface area contributed by atoms with Gasteiger partial charge in [0.2, 0.25) is 15.9 Å². The average Bonchev–Trinajstić information content (AvgIpc) is 2.60. The second-order valence-electron chi connectivity index (χ2n) is 4.94. The van der Waals surface area contributed by atoms with Gasteiger partial charge in [0.1, 0.15) is 0 Å². The summed E-state index contributed by atoms with van der Waals surface area (Å²) in [4.78, 5) is 11.4. The van der Waals surface area contributed by atoms with Crippen LogP contribution in [0, 0.1) is 17.8 Å². The lowest BCUT2D eigenvalue weighted by Gasteiger charge is -2.20. The molecule has 3 unspecified atom stereocenters. The summed E-state index contributed by atoms with van der Waals surface area (Å²) < 4.78 is 23.7. The summed E-state index contributed by atoms with van der Waals surface area (Å²) in [5.41, 5.74) is 0. The molecule has 2 aliphatic rings. The lowest BCUT2D eigenvalue weighted by molar-refractivity contribution is -0.120. The van der Waals surface area contributed by atoms with Crippen LogP contribution in [0.1, 0.15) is 32.1 Å². The molecule has 4 nitrogen and oxygen atoms in total. The van der Waals surface area contributed by atoms with E-state index in [9.17, 15) is 13.2 Å². The van der Waals surface area contributed by atoms with Gasteiger partial charge in [-0.05, 0) is 37.0 Å². The van der Waals surface area contributed by atoms with Crippen LogP contribution in [0.2, 0.25) is 0 Å². The highest BCUT2D eigenvalue weighted by Crippen LogP contribution is 2.49. The zero-order valence-corrected chi connectivity index (χ0v) is 9.72. The highest BCUT2D eigenvalue weighted by atomic mass is 32.2. The molecule has 0 aliphatic heterocycles. The summed E-state index contributed by atoms with van der Waals surface area (Å²) in [5, 5.41) is 0. The number of fused-ring (bicyclic) bond motifs is 2. The van der Waals surface area contributed by atoms with E-state index in [0.717, 1.165) is 18.6 Å². The van der Waals surface area contributed by atoms with Crippen molar-refractivity contribution < 1.29 is 13.2 Å². The molecule has 2 fully saturated rings. The van der Waals surface area contributed by atoms with Crippen LogP contribution < -0.4 is 4.72 Å². The molecule has 0 spiro atoms. The first kappa shape index (κ1) is 10.9. The smallest absolute Gasteiger partial charge is 0.233 e. The van der Waals surface area contributed by atoms with Crippen molar-refractivity contribution in [2.45, 2.75) is 32.1 Å². The van der Waals surface area contributed by atoms with E-state index in [1.165, 1.54) is 19.3 Å². The van der Waals surface area contributed by atoms with E-state index >= 15 is 0 Å². The van der Waals surface area contributed by atoms with Gasteiger partial charge in [0, 0.05) is 6.42 Å². The van der Waals surface area contributed by atoms with E-state index in [1.54, 1.807) is 0 Å². The fourth-order valence-electron chi connectivity index (χ4n) is 3.11. The predicted octanol–water partition coefficient (Wildman–Crippen LogP) is 0.888. The lowest BCUT2D eigenvalue weighted by atomic mass is 9.86. The third-order valence-corrected chi connectivity index (χ3v) is 4.23. The maximum absolute atomic E-state index is 11.4. The van der Waals surface area contributed by atoms with Gasteiger partial charge >= 0.3 is 0 Å². The van der Waals surface area contributed by atoms with Gasteiger partial charge in [0.05, 0.1) is 6.26 Å². The zero-order chi connectivity index (χ0) is 11.1. The van der Waals surface area contributed by atoms with Gasteiger partial charge in [-0.3, -0.25) is 9.52 Å². The largest absolute Gasteiger partial charge is 0.274 e. The van der Waals surface area contributed by atoms with Crippen molar-refractivity contribution >= 4 is 15.9 Å². The average molecular weight is 231 g/mol. The van der Waals surface area contributed by atoms with Crippen molar-refractivity contribution in [1.29, 1.82) is 0 Å². The number of carbonyl (C=O) groups is 1. The zero-order valence-electron chi connectivity index (χ0n) is 8.90. The van der Waals surface area contributed by atoms with Crippen LogP contribution in [0.4, 0.5) is 0 Å². The molecule has 3 atom stereocenters. The van der Waals surface area contributed by atoms with Crippen LogP contribution in [0.3, 0.4) is 0 Å². The van der Waals surface area contributed by atoms with Crippen molar-refractivity contribution in [3.05, 3.63) is 0 Å². The van der Waals surface area contributed by atoms with Gasteiger partial charge in [0.25, 0.3) is 0 Å². The molecule has 0 radical (unpaired) electrons. The number of nitrogens with one attached hydrogen (secondary N) is 1. The lowest BCUT2D eigenvalue weighted by Crippen LogP contribution is -2.31. The molecular weight excluding hydrogens is 214 g/mol. The van der Waals surface area contributed by atoms with Crippen molar-refractivity contribution in [3.8, 4) is 0 Å². The van der Waals surface area contributed by atoms with Gasteiger partial charge in [-0.25, -0.2) is 8.42 Å². The monoisotopic (exact) mass is 231 g/mol. The molecule has 0 aromatic carbocycles. The van der Waals surface area contributed by atoms with E-state index in [-0.39, 0.29) is 5.91 Å². The summed E-state index contributed by atoms with van der Waals surface area (Å²) >= 11 is 0. The molecule has 0 saturated heterocycles. The van der Waals surface area contributed by atoms with Gasteiger partial charge in [0.15, 0.2) is 0 Å². The minimum Gasteiger partial charge on any atom is -0.274 e. The standard InChI is InChI=1S/C10H17NO3S/c1-15(13,14)11-10(12)6-9-5-7-2-3-8(9)4-7/h7-9H,2-6H2,1H3,(H,11,12). The van der Waals surface area contributed by atoms with Crippen LogP contribution >= 0.6 is 0 Å². The molecule has 0 heterocycles. The summed E-state index contributed by atoms with van der Waals surface area (Å²) in [7, 11) is -3.38. The van der Waals surface area contributed by atoms with Crippen LogP contribution in [-0.4, -0.2) is 20.6 Å². The van der Waals surface area contributed by atoms with Gasteiger partial charge in [-0.15, -0.1) is 0 Å². The molecule has 0 aromatic rings. The van der Waals surface area contributed by atoms with E-state index in [4.69, 9.17) is 0 Å². The van der Waals surface area contributed by atoms with Crippen molar-refractivity contribution in [2.24, 2.45) is 17.8 Å². The van der Waals surface area contributed by atoms with Crippen LogP contribution in [0.5, 0.6) is 0 Å². The van der Waals surface area contributed by atoms with Crippen LogP contribution in [0.25, 0.3) is 0 Å². The molecule has 2 aliphatic carbocycles. The maximum Gasteiger partial charge on any atom is 0.233 e. The molecule has 0 aromatic heterocycles. The van der Waals surface area contributed by atoms with Crippen LogP contribution in [0.15, 0.2) is 0 Å². The molecule has 2 rings (SSSR count). The Morgan fingerprint density at radius 3 is 2.53 bits per heavy atom. The van der Waals surface area contributed by atoms with E-state index in [0.29, 0.717) is 18.3 Å². The van der Waals surface area contributed by atoms with E-state index in [2.05, 4.69) is 0 Å². The Kier molecular flexibility index (Phi) is 2.75. The molecule has 15 heavy (non-hydrogen) atoms. The number of carbonyl (C=O) groups excluding carboxylic acids is 1. The first-order valence-electron chi connectivity index (χ1n) is 5.44. The number of rotatable bonds is 3. The highest BCUT2D eigenvalue weighted by Gasteiger charge is 2.40. The molecule has 86 valence electrons. The Balaban J connectivity index is 1.85. The first-order chi connectivity index (χ1) is 6.94. The minimum atomic E-state index is -3.38. The summed E-state index contributed by atoms with van der Waals surface area (Å²) in [6.45, 7) is 0. The molecule has 5 heteroatoms. The number of amides is 1. The van der Waals surface area contributed by atoms with Crippen LogP contribution in [-0.2, 0) is 14.8 Å². The maximum atomic E-state index is 11.4. The highest BCUT2D eigenvalue weighted by molar-refractivity contribution is 7.89. The predicted molar refractivity (Wildman–Crippen MR) is 56.5 cm³/mol. The Labute approximate surface area is 90.5 Å². The SMILES string of the molecule is CS(=O)(=O)NC(=O)CC1CC2CCC1C2. The fourth-order valence-corrected chi connectivity index (χ4v) is 3.61. The quantitative estimate of drug-likeness (QED) is 0.784. The van der Waals surface area contributed by atoms with Crippen molar-refractivity contribution in [2.75, 3.05) is 6.26 Å². The summed E-state index contributed by atoms with van der Waals surface area (Å²) in [6.07, 6.45) is 6.29. The molecule has 1 amide bonds. The Hall–Kier alpha value is -0.580. The van der Waals surface area contributed by atoms with Gasteiger partial charge in [-0.1, -0.05) is 6.42 Å².